The van der Waals surface area contributed by atoms with Crippen LogP contribution in [0.3, 0.4) is 0 Å². The van der Waals surface area contributed by atoms with E-state index in [2.05, 4.69) is 4.90 Å². The summed E-state index contributed by atoms with van der Waals surface area (Å²) in [6.45, 7) is 1.67. The van der Waals surface area contributed by atoms with Crippen molar-refractivity contribution in [1.29, 1.82) is 0 Å². The van der Waals surface area contributed by atoms with Crippen LogP contribution in [0.4, 0.5) is 10.1 Å². The highest BCUT2D eigenvalue weighted by Gasteiger charge is 2.22. The van der Waals surface area contributed by atoms with E-state index < -0.39 is 0 Å². The lowest BCUT2D eigenvalue weighted by atomic mass is 10.1. The molecule has 2 rings (SSSR count). The first kappa shape index (κ1) is 7.55. The Kier molecular flexibility index (Phi) is 1.73. The van der Waals surface area contributed by atoms with Crippen molar-refractivity contribution in [2.24, 2.45) is 5.73 Å². The summed E-state index contributed by atoms with van der Waals surface area (Å²) < 4.78 is 12.7. The van der Waals surface area contributed by atoms with E-state index in [0.29, 0.717) is 0 Å². The molecule has 0 spiro atoms. The minimum Gasteiger partial charge on any atom is -0.368 e. The molecule has 2 nitrogen and oxygen atoms in total. The predicted molar refractivity (Wildman–Crippen MR) is 46.6 cm³/mol. The van der Waals surface area contributed by atoms with Crippen LogP contribution in [0.2, 0.25) is 0 Å². The van der Waals surface area contributed by atoms with E-state index in [1.807, 2.05) is 6.07 Å². The normalized spacial score (nSPS) is 17.7. The van der Waals surface area contributed by atoms with Gasteiger partial charge in [0.15, 0.2) is 0 Å². The lowest BCUT2D eigenvalue weighted by Gasteiger charge is -2.38. The molecule has 0 bridgehead atoms. The third kappa shape index (κ3) is 1.28. The summed E-state index contributed by atoms with van der Waals surface area (Å²) in [5.74, 6) is -0.187. The van der Waals surface area contributed by atoms with E-state index in [4.69, 9.17) is 5.73 Å². The number of nitrogens with two attached hydrogens (primary N) is 1. The summed E-state index contributed by atoms with van der Waals surface area (Å²) in [5, 5.41) is 0. The molecule has 1 heterocycles. The maximum absolute atomic E-state index is 12.7. The smallest absolute Gasteiger partial charge is 0.125 e. The Morgan fingerprint density at radius 2 is 2.17 bits per heavy atom. The number of hydrogen-bond acceptors (Lipinski definition) is 2. The quantitative estimate of drug-likeness (QED) is 0.673. The summed E-state index contributed by atoms with van der Waals surface area (Å²) in [6, 6.07) is 6.85. The topological polar surface area (TPSA) is 29.3 Å². The van der Waals surface area contributed by atoms with Gasteiger partial charge in [-0.25, -0.2) is 4.39 Å². The van der Waals surface area contributed by atoms with Gasteiger partial charge in [0.05, 0.1) is 0 Å². The molecular formula is C9H11FN2. The van der Waals surface area contributed by atoms with Crippen LogP contribution in [0.5, 0.6) is 0 Å². The van der Waals surface area contributed by atoms with Crippen molar-refractivity contribution in [2.45, 2.75) is 6.04 Å². The maximum Gasteiger partial charge on any atom is 0.125 e. The van der Waals surface area contributed by atoms with Crippen LogP contribution in [-0.4, -0.2) is 19.1 Å². The van der Waals surface area contributed by atoms with Crippen molar-refractivity contribution in [3.05, 3.63) is 30.1 Å². The van der Waals surface area contributed by atoms with Crippen molar-refractivity contribution in [2.75, 3.05) is 18.0 Å². The van der Waals surface area contributed by atoms with Gasteiger partial charge in [0.25, 0.3) is 0 Å². The first-order valence-corrected chi connectivity index (χ1v) is 4.02. The monoisotopic (exact) mass is 166 g/mol. The van der Waals surface area contributed by atoms with Gasteiger partial charge in [0.2, 0.25) is 0 Å². The molecule has 1 fully saturated rings. The van der Waals surface area contributed by atoms with E-state index in [1.54, 1.807) is 6.07 Å². The van der Waals surface area contributed by atoms with Crippen molar-refractivity contribution < 1.29 is 4.39 Å². The maximum atomic E-state index is 12.7. The molecule has 1 aliphatic rings. The zero-order valence-corrected chi connectivity index (χ0v) is 6.70. The summed E-state index contributed by atoms with van der Waals surface area (Å²) in [7, 11) is 0. The molecule has 0 atom stereocenters. The molecule has 0 radical (unpaired) electrons. The van der Waals surface area contributed by atoms with Gasteiger partial charge in [-0.2, -0.15) is 0 Å². The highest BCUT2D eigenvalue weighted by Crippen LogP contribution is 2.20. The van der Waals surface area contributed by atoms with Crippen LogP contribution >= 0.6 is 0 Å². The van der Waals surface area contributed by atoms with Crippen LogP contribution < -0.4 is 10.6 Å². The largest absolute Gasteiger partial charge is 0.368 e. The van der Waals surface area contributed by atoms with Gasteiger partial charge < -0.3 is 10.6 Å². The number of anilines is 1. The third-order valence-corrected chi connectivity index (χ3v) is 2.08. The lowest BCUT2D eigenvalue weighted by molar-refractivity contribution is 0.517. The predicted octanol–water partition coefficient (Wildman–Crippen LogP) is 0.973. The third-order valence-electron chi connectivity index (χ3n) is 2.08. The number of hydrogen-bond donors (Lipinski definition) is 1. The van der Waals surface area contributed by atoms with Crippen molar-refractivity contribution >= 4 is 5.69 Å². The average molecular weight is 166 g/mol. The Labute approximate surface area is 70.8 Å². The second kappa shape index (κ2) is 2.75. The van der Waals surface area contributed by atoms with Gasteiger partial charge >= 0.3 is 0 Å². The molecule has 1 saturated heterocycles. The van der Waals surface area contributed by atoms with Gasteiger partial charge in [0, 0.05) is 24.8 Å². The van der Waals surface area contributed by atoms with Gasteiger partial charge in [-0.3, -0.25) is 0 Å². The zero-order chi connectivity index (χ0) is 8.55. The second-order valence-corrected chi connectivity index (χ2v) is 3.14. The van der Waals surface area contributed by atoms with Crippen LogP contribution in [0.1, 0.15) is 0 Å². The first-order valence-electron chi connectivity index (χ1n) is 4.02. The standard InChI is InChI=1S/C9H11FN2/c10-7-2-1-3-9(4-7)12-5-8(11)6-12/h1-4,8H,5-6,11H2. The van der Waals surface area contributed by atoms with E-state index in [9.17, 15) is 4.39 Å². The van der Waals surface area contributed by atoms with Gasteiger partial charge in [-0.15, -0.1) is 0 Å². The molecule has 1 aromatic carbocycles. The lowest BCUT2D eigenvalue weighted by Crippen LogP contribution is -2.55. The molecule has 12 heavy (non-hydrogen) atoms. The van der Waals surface area contributed by atoms with Crippen molar-refractivity contribution in [3.8, 4) is 0 Å². The zero-order valence-electron chi connectivity index (χ0n) is 6.70. The van der Waals surface area contributed by atoms with Crippen molar-refractivity contribution in [1.82, 2.24) is 0 Å². The molecular weight excluding hydrogens is 155 g/mol. The number of halogens is 1. The van der Waals surface area contributed by atoms with Gasteiger partial charge in [-0.05, 0) is 18.2 Å². The highest BCUT2D eigenvalue weighted by atomic mass is 19.1. The molecule has 1 aromatic rings. The summed E-state index contributed by atoms with van der Waals surface area (Å²) in [6.07, 6.45) is 0. The number of benzene rings is 1. The molecule has 0 amide bonds. The molecule has 3 heteroatoms. The van der Waals surface area contributed by atoms with Gasteiger partial charge in [-0.1, -0.05) is 6.07 Å². The summed E-state index contributed by atoms with van der Waals surface area (Å²) >= 11 is 0. The number of nitrogens with zero attached hydrogens (tertiary/aromatic N) is 1. The van der Waals surface area contributed by atoms with Crippen LogP contribution in [0, 0.1) is 5.82 Å². The Balaban J connectivity index is 2.13. The van der Waals surface area contributed by atoms with Gasteiger partial charge in [0.1, 0.15) is 5.82 Å². The van der Waals surface area contributed by atoms with E-state index >= 15 is 0 Å². The molecule has 64 valence electrons. The van der Waals surface area contributed by atoms with Crippen LogP contribution in [-0.2, 0) is 0 Å². The Hall–Kier alpha value is -1.09. The first-order chi connectivity index (χ1) is 5.75. The fraction of sp³-hybridized carbons (Fsp3) is 0.333. The van der Waals surface area contributed by atoms with Crippen LogP contribution in [0.15, 0.2) is 24.3 Å². The fourth-order valence-corrected chi connectivity index (χ4v) is 1.40. The Morgan fingerprint density at radius 1 is 1.42 bits per heavy atom. The van der Waals surface area contributed by atoms with Crippen molar-refractivity contribution in [3.63, 3.8) is 0 Å². The summed E-state index contributed by atoms with van der Waals surface area (Å²) in [4.78, 5) is 2.06. The van der Waals surface area contributed by atoms with E-state index in [1.165, 1.54) is 12.1 Å². The highest BCUT2D eigenvalue weighted by molar-refractivity contribution is 5.49. The molecule has 0 unspecified atom stereocenters. The second-order valence-electron chi connectivity index (χ2n) is 3.14. The van der Waals surface area contributed by atoms with E-state index in [-0.39, 0.29) is 11.9 Å². The molecule has 1 aliphatic heterocycles. The van der Waals surface area contributed by atoms with E-state index in [0.717, 1.165) is 18.8 Å². The molecule has 0 saturated carbocycles. The number of rotatable bonds is 1. The SMILES string of the molecule is NC1CN(c2cccc(F)c2)C1. The minimum atomic E-state index is -0.187. The average Bonchev–Trinajstić information content (AvgIpc) is 1.99. The Morgan fingerprint density at radius 3 is 2.75 bits per heavy atom. The molecule has 2 N–H and O–H groups in total. The Bertz CT molecular complexity index is 282. The summed E-state index contributed by atoms with van der Waals surface area (Å²) in [5.41, 5.74) is 6.54. The fourth-order valence-electron chi connectivity index (χ4n) is 1.40. The molecule has 0 aromatic heterocycles. The van der Waals surface area contributed by atoms with Crippen LogP contribution in [0.25, 0.3) is 0 Å². The molecule has 0 aliphatic carbocycles. The minimum absolute atomic E-state index is 0.187.